The fourth-order valence-corrected chi connectivity index (χ4v) is 3.90. The van der Waals surface area contributed by atoms with Crippen molar-refractivity contribution < 1.29 is 19.2 Å². The van der Waals surface area contributed by atoms with Gasteiger partial charge in [0.15, 0.2) is 5.13 Å². The Labute approximate surface area is 165 Å². The Kier molecular flexibility index (Phi) is 5.88. The average Bonchev–Trinajstić information content (AvgIpc) is 3.31. The number of carbonyl (C=O) groups excluding carboxylic acids is 2. The van der Waals surface area contributed by atoms with Crippen LogP contribution in [0.3, 0.4) is 0 Å². The molecule has 10 heteroatoms. The summed E-state index contributed by atoms with van der Waals surface area (Å²) >= 11 is 1.00. The molecule has 0 saturated carbocycles. The van der Waals surface area contributed by atoms with E-state index in [-0.39, 0.29) is 23.0 Å². The van der Waals surface area contributed by atoms with E-state index in [1.807, 2.05) is 4.90 Å². The smallest absolute Gasteiger partial charge is 0.350 e. The summed E-state index contributed by atoms with van der Waals surface area (Å²) in [4.78, 5) is 41.8. The molecule has 1 amide bonds. The number of nitrogens with zero attached hydrogens (tertiary/aromatic N) is 3. The second-order valence-corrected chi connectivity index (χ2v) is 7.26. The SMILES string of the molecule is CCOC(=O)c1sc(NC(=O)c2ccc(N3CCCC3)c([N+](=O)[O-])c2)nc1C. The van der Waals surface area contributed by atoms with E-state index in [0.29, 0.717) is 16.3 Å². The quantitative estimate of drug-likeness (QED) is 0.446. The molecule has 148 valence electrons. The van der Waals surface area contributed by atoms with E-state index in [9.17, 15) is 19.7 Å². The van der Waals surface area contributed by atoms with Crippen molar-refractivity contribution in [2.45, 2.75) is 26.7 Å². The van der Waals surface area contributed by atoms with Crippen LogP contribution >= 0.6 is 11.3 Å². The van der Waals surface area contributed by atoms with Crippen LogP contribution in [-0.2, 0) is 4.74 Å². The summed E-state index contributed by atoms with van der Waals surface area (Å²) < 4.78 is 4.95. The summed E-state index contributed by atoms with van der Waals surface area (Å²) in [6.07, 6.45) is 1.98. The van der Waals surface area contributed by atoms with E-state index in [1.165, 1.54) is 6.07 Å². The van der Waals surface area contributed by atoms with Gasteiger partial charge < -0.3 is 9.64 Å². The number of hydrogen-bond donors (Lipinski definition) is 1. The molecule has 9 nitrogen and oxygen atoms in total. The summed E-state index contributed by atoms with van der Waals surface area (Å²) in [6, 6.07) is 4.44. The standard InChI is InChI=1S/C18H20N4O5S/c1-3-27-17(24)15-11(2)19-18(28-15)20-16(23)12-6-7-13(14(10-12)22(25)26)21-8-4-5-9-21/h6-7,10H,3-5,8-9H2,1-2H3,(H,19,20,23). The van der Waals surface area contributed by atoms with Crippen molar-refractivity contribution in [1.29, 1.82) is 0 Å². The molecule has 0 bridgehead atoms. The van der Waals surface area contributed by atoms with Gasteiger partial charge in [0.05, 0.1) is 17.2 Å². The zero-order chi connectivity index (χ0) is 20.3. The predicted octanol–water partition coefficient (Wildman–Crippen LogP) is 3.39. The van der Waals surface area contributed by atoms with Gasteiger partial charge in [0.25, 0.3) is 11.6 Å². The number of hydrogen-bond acceptors (Lipinski definition) is 8. The molecule has 0 unspecified atom stereocenters. The average molecular weight is 404 g/mol. The normalized spacial score (nSPS) is 13.4. The van der Waals surface area contributed by atoms with Crippen LogP contribution in [0, 0.1) is 17.0 Å². The van der Waals surface area contributed by atoms with Gasteiger partial charge in [-0.15, -0.1) is 0 Å². The fourth-order valence-electron chi connectivity index (χ4n) is 3.04. The highest BCUT2D eigenvalue weighted by atomic mass is 32.1. The van der Waals surface area contributed by atoms with E-state index in [2.05, 4.69) is 10.3 Å². The summed E-state index contributed by atoms with van der Waals surface area (Å²) in [7, 11) is 0. The third-order valence-electron chi connectivity index (χ3n) is 4.36. The summed E-state index contributed by atoms with van der Waals surface area (Å²) in [5.74, 6) is -1.02. The molecule has 2 heterocycles. The van der Waals surface area contributed by atoms with Crippen LogP contribution in [0.2, 0.25) is 0 Å². The maximum Gasteiger partial charge on any atom is 0.350 e. The number of amides is 1. The first-order chi connectivity index (χ1) is 13.4. The highest BCUT2D eigenvalue weighted by molar-refractivity contribution is 7.17. The van der Waals surface area contributed by atoms with E-state index < -0.39 is 16.8 Å². The number of nitro groups is 1. The molecule has 28 heavy (non-hydrogen) atoms. The van der Waals surface area contributed by atoms with Crippen molar-refractivity contribution >= 4 is 39.7 Å². The van der Waals surface area contributed by atoms with E-state index in [1.54, 1.807) is 26.0 Å². The van der Waals surface area contributed by atoms with Crippen LogP contribution in [0.15, 0.2) is 18.2 Å². The van der Waals surface area contributed by atoms with Crippen LogP contribution in [0.25, 0.3) is 0 Å². The number of carbonyl (C=O) groups is 2. The van der Waals surface area contributed by atoms with Gasteiger partial charge in [-0.3, -0.25) is 20.2 Å². The third-order valence-corrected chi connectivity index (χ3v) is 5.41. The molecule has 1 aliphatic heterocycles. The number of nitrogens with one attached hydrogen (secondary N) is 1. The molecule has 1 aromatic heterocycles. The van der Waals surface area contributed by atoms with E-state index >= 15 is 0 Å². The van der Waals surface area contributed by atoms with Gasteiger partial charge in [0, 0.05) is 24.7 Å². The highest BCUT2D eigenvalue weighted by Crippen LogP contribution is 2.32. The minimum absolute atomic E-state index is 0.0999. The number of esters is 1. The molecule has 0 spiro atoms. The maximum absolute atomic E-state index is 12.5. The topological polar surface area (TPSA) is 115 Å². The van der Waals surface area contributed by atoms with Gasteiger partial charge in [-0.1, -0.05) is 11.3 Å². The van der Waals surface area contributed by atoms with Crippen LogP contribution in [0.1, 0.15) is 45.5 Å². The lowest BCUT2D eigenvalue weighted by Gasteiger charge is -2.17. The number of thiazole rings is 1. The monoisotopic (exact) mass is 404 g/mol. The minimum Gasteiger partial charge on any atom is -0.462 e. The highest BCUT2D eigenvalue weighted by Gasteiger charge is 2.24. The molecule has 0 radical (unpaired) electrons. The Balaban J connectivity index is 1.81. The first-order valence-corrected chi connectivity index (χ1v) is 9.71. The van der Waals surface area contributed by atoms with E-state index in [0.717, 1.165) is 37.3 Å². The lowest BCUT2D eigenvalue weighted by molar-refractivity contribution is -0.384. The van der Waals surface area contributed by atoms with Crippen LogP contribution < -0.4 is 10.2 Å². The molecule has 1 aromatic carbocycles. The van der Waals surface area contributed by atoms with Gasteiger partial charge in [-0.2, -0.15) is 0 Å². The Morgan fingerprint density at radius 1 is 1.36 bits per heavy atom. The molecular formula is C18H20N4O5S. The van der Waals surface area contributed by atoms with Crippen LogP contribution in [0.5, 0.6) is 0 Å². The third kappa shape index (κ3) is 4.11. The van der Waals surface area contributed by atoms with Gasteiger partial charge in [-0.25, -0.2) is 9.78 Å². The first kappa shape index (κ1) is 19.7. The zero-order valence-corrected chi connectivity index (χ0v) is 16.4. The number of aryl methyl sites for hydroxylation is 1. The molecule has 3 rings (SSSR count). The maximum atomic E-state index is 12.5. The largest absolute Gasteiger partial charge is 0.462 e. The molecule has 1 saturated heterocycles. The van der Waals surface area contributed by atoms with Crippen molar-refractivity contribution in [3.8, 4) is 0 Å². The fraction of sp³-hybridized carbons (Fsp3) is 0.389. The Morgan fingerprint density at radius 3 is 2.71 bits per heavy atom. The van der Waals surface area contributed by atoms with Gasteiger partial charge >= 0.3 is 5.97 Å². The van der Waals surface area contributed by atoms with Crippen molar-refractivity contribution in [2.24, 2.45) is 0 Å². The molecular weight excluding hydrogens is 384 g/mol. The van der Waals surface area contributed by atoms with Crippen LogP contribution in [-0.4, -0.2) is 41.5 Å². The second kappa shape index (κ2) is 8.34. The number of benzene rings is 1. The number of anilines is 2. The second-order valence-electron chi connectivity index (χ2n) is 6.26. The Bertz CT molecular complexity index is 921. The number of aromatic nitrogens is 1. The molecule has 2 aromatic rings. The zero-order valence-electron chi connectivity index (χ0n) is 15.6. The molecule has 0 atom stereocenters. The molecule has 1 aliphatic rings. The Hall–Kier alpha value is -3.01. The van der Waals surface area contributed by atoms with Crippen LogP contribution in [0.4, 0.5) is 16.5 Å². The molecule has 1 N–H and O–H groups in total. The van der Waals surface area contributed by atoms with Crippen molar-refractivity contribution in [3.05, 3.63) is 44.4 Å². The van der Waals surface area contributed by atoms with Crippen molar-refractivity contribution in [1.82, 2.24) is 4.98 Å². The minimum atomic E-state index is -0.528. The van der Waals surface area contributed by atoms with Gasteiger partial charge in [0.2, 0.25) is 0 Å². The predicted molar refractivity (Wildman–Crippen MR) is 105 cm³/mol. The van der Waals surface area contributed by atoms with Crippen molar-refractivity contribution in [3.63, 3.8) is 0 Å². The van der Waals surface area contributed by atoms with Gasteiger partial charge in [0.1, 0.15) is 10.6 Å². The van der Waals surface area contributed by atoms with Crippen molar-refractivity contribution in [2.75, 3.05) is 29.9 Å². The number of rotatable bonds is 6. The first-order valence-electron chi connectivity index (χ1n) is 8.90. The summed E-state index contributed by atoms with van der Waals surface area (Å²) in [5.41, 5.74) is 1.03. The van der Waals surface area contributed by atoms with E-state index in [4.69, 9.17) is 4.74 Å². The summed E-state index contributed by atoms with van der Waals surface area (Å²) in [6.45, 7) is 5.12. The lowest BCUT2D eigenvalue weighted by Crippen LogP contribution is -2.19. The molecule has 0 aliphatic carbocycles. The lowest BCUT2D eigenvalue weighted by atomic mass is 10.1. The summed E-state index contributed by atoms with van der Waals surface area (Å²) in [5, 5.41) is 14.3. The molecule has 1 fully saturated rings. The van der Waals surface area contributed by atoms with Gasteiger partial charge in [-0.05, 0) is 38.8 Å². The number of ether oxygens (including phenoxy) is 1. The number of nitro benzene ring substituents is 1. The Morgan fingerprint density at radius 2 is 2.07 bits per heavy atom.